The number of esters is 2. The first-order chi connectivity index (χ1) is 13.9. The van der Waals surface area contributed by atoms with Gasteiger partial charge < -0.3 is 14.8 Å². The van der Waals surface area contributed by atoms with E-state index in [-0.39, 0.29) is 13.2 Å². The van der Waals surface area contributed by atoms with E-state index in [1.165, 1.54) is 6.20 Å². The molecule has 150 valence electrons. The summed E-state index contributed by atoms with van der Waals surface area (Å²) in [7, 11) is 0. The number of ether oxygens (including phenoxy) is 2. The Balaban J connectivity index is 2.19. The van der Waals surface area contributed by atoms with Crippen molar-refractivity contribution in [2.75, 3.05) is 18.5 Å². The van der Waals surface area contributed by atoms with E-state index < -0.39 is 11.9 Å². The van der Waals surface area contributed by atoms with Crippen LogP contribution in [0.2, 0.25) is 0 Å². The number of nitrogens with one attached hydrogen (secondary N) is 1. The molecule has 0 spiro atoms. The molecule has 29 heavy (non-hydrogen) atoms. The van der Waals surface area contributed by atoms with E-state index in [2.05, 4.69) is 16.4 Å². The number of rotatable bonds is 6. The molecule has 0 amide bonds. The van der Waals surface area contributed by atoms with Crippen LogP contribution in [0.5, 0.6) is 0 Å². The molecule has 0 radical (unpaired) electrons. The maximum absolute atomic E-state index is 12.6. The molecule has 6 heteroatoms. The molecule has 1 N–H and O–H groups in total. The van der Waals surface area contributed by atoms with E-state index in [0.717, 1.165) is 16.8 Å². The van der Waals surface area contributed by atoms with Gasteiger partial charge in [0.2, 0.25) is 0 Å². The third-order valence-corrected chi connectivity index (χ3v) is 4.37. The molecule has 6 nitrogen and oxygen atoms in total. The van der Waals surface area contributed by atoms with Crippen LogP contribution < -0.4 is 5.32 Å². The van der Waals surface area contributed by atoms with Crippen LogP contribution in [-0.2, 0) is 9.47 Å². The standard InChI is InChI=1S/C23H24N2O4/c1-5-28-22(26)16-7-8-20-18(12-16)21(19(13-24-20)23(27)29-6-2)25-17-10-14(3)9-15(4)11-17/h7-13H,5-6H2,1-4H3,(H,24,25). The van der Waals surface area contributed by atoms with Crippen molar-refractivity contribution < 1.29 is 19.1 Å². The average Bonchev–Trinajstić information content (AvgIpc) is 2.67. The molecule has 0 fully saturated rings. The van der Waals surface area contributed by atoms with Crippen LogP contribution in [0.15, 0.2) is 42.6 Å². The fraction of sp³-hybridized carbons (Fsp3) is 0.261. The number of nitrogens with zero attached hydrogens (tertiary/aromatic N) is 1. The molecule has 0 bridgehead atoms. The first-order valence-electron chi connectivity index (χ1n) is 9.55. The Bertz CT molecular complexity index is 1050. The minimum atomic E-state index is -0.477. The predicted molar refractivity (Wildman–Crippen MR) is 113 cm³/mol. The zero-order chi connectivity index (χ0) is 21.0. The minimum absolute atomic E-state index is 0.253. The SMILES string of the molecule is CCOC(=O)c1ccc2ncc(C(=O)OCC)c(Nc3cc(C)cc(C)c3)c2c1. The Hall–Kier alpha value is -3.41. The highest BCUT2D eigenvalue weighted by Gasteiger charge is 2.19. The van der Waals surface area contributed by atoms with Gasteiger partial charge in [0.15, 0.2) is 0 Å². The zero-order valence-electron chi connectivity index (χ0n) is 17.0. The summed E-state index contributed by atoms with van der Waals surface area (Å²) in [5.41, 5.74) is 4.92. The van der Waals surface area contributed by atoms with Gasteiger partial charge in [-0.15, -0.1) is 0 Å². The fourth-order valence-corrected chi connectivity index (χ4v) is 3.22. The van der Waals surface area contributed by atoms with E-state index in [0.29, 0.717) is 27.7 Å². The van der Waals surface area contributed by atoms with Gasteiger partial charge in [-0.3, -0.25) is 4.98 Å². The van der Waals surface area contributed by atoms with Gasteiger partial charge in [0.1, 0.15) is 5.56 Å². The van der Waals surface area contributed by atoms with Crippen molar-refractivity contribution in [1.82, 2.24) is 4.98 Å². The second kappa shape index (κ2) is 8.73. The van der Waals surface area contributed by atoms with Gasteiger partial charge in [0.05, 0.1) is 30.0 Å². The molecule has 0 aliphatic carbocycles. The van der Waals surface area contributed by atoms with Crippen molar-refractivity contribution in [2.45, 2.75) is 27.7 Å². The third kappa shape index (κ3) is 4.54. The molecular weight excluding hydrogens is 368 g/mol. The van der Waals surface area contributed by atoms with E-state index in [4.69, 9.17) is 9.47 Å². The summed E-state index contributed by atoms with van der Waals surface area (Å²) in [4.78, 5) is 29.2. The van der Waals surface area contributed by atoms with Crippen LogP contribution in [0.1, 0.15) is 45.7 Å². The quantitative estimate of drug-likeness (QED) is 0.598. The number of benzene rings is 2. The number of fused-ring (bicyclic) bond motifs is 1. The predicted octanol–water partition coefficient (Wildman–Crippen LogP) is 4.95. The van der Waals surface area contributed by atoms with Crippen LogP contribution in [0.4, 0.5) is 11.4 Å². The first kappa shape index (κ1) is 20.3. The van der Waals surface area contributed by atoms with Crippen LogP contribution in [0, 0.1) is 13.8 Å². The lowest BCUT2D eigenvalue weighted by atomic mass is 10.0. The monoisotopic (exact) mass is 392 g/mol. The number of carbonyl (C=O) groups excluding carboxylic acids is 2. The van der Waals surface area contributed by atoms with Gasteiger partial charge in [-0.1, -0.05) is 6.07 Å². The Morgan fingerprint density at radius 1 is 0.931 bits per heavy atom. The number of hydrogen-bond donors (Lipinski definition) is 1. The van der Waals surface area contributed by atoms with Crippen molar-refractivity contribution in [3.63, 3.8) is 0 Å². The average molecular weight is 392 g/mol. The molecular formula is C23H24N2O4. The summed E-state index contributed by atoms with van der Waals surface area (Å²) in [5, 5.41) is 3.98. The van der Waals surface area contributed by atoms with Crippen LogP contribution in [0.25, 0.3) is 10.9 Å². The lowest BCUT2D eigenvalue weighted by Gasteiger charge is -2.15. The Morgan fingerprint density at radius 3 is 2.24 bits per heavy atom. The Morgan fingerprint density at radius 2 is 1.59 bits per heavy atom. The summed E-state index contributed by atoms with van der Waals surface area (Å²) in [6.45, 7) is 8.06. The zero-order valence-corrected chi connectivity index (χ0v) is 17.0. The van der Waals surface area contributed by atoms with Crippen molar-refractivity contribution in [3.05, 3.63) is 64.8 Å². The third-order valence-electron chi connectivity index (χ3n) is 4.37. The van der Waals surface area contributed by atoms with Crippen LogP contribution >= 0.6 is 0 Å². The van der Waals surface area contributed by atoms with Gasteiger partial charge in [-0.25, -0.2) is 9.59 Å². The molecule has 0 aliphatic heterocycles. The van der Waals surface area contributed by atoms with Gasteiger partial charge in [0, 0.05) is 17.3 Å². The maximum Gasteiger partial charge on any atom is 0.341 e. The molecule has 0 atom stereocenters. The highest BCUT2D eigenvalue weighted by molar-refractivity contribution is 6.07. The van der Waals surface area contributed by atoms with Crippen molar-refractivity contribution >= 4 is 34.2 Å². The number of aryl methyl sites for hydroxylation is 2. The van der Waals surface area contributed by atoms with Gasteiger partial charge in [-0.2, -0.15) is 0 Å². The summed E-state index contributed by atoms with van der Waals surface area (Å²) in [6, 6.07) is 11.1. The molecule has 2 aromatic carbocycles. The number of anilines is 2. The summed E-state index contributed by atoms with van der Waals surface area (Å²) < 4.78 is 10.3. The topological polar surface area (TPSA) is 77.5 Å². The second-order valence-corrected chi connectivity index (χ2v) is 6.72. The minimum Gasteiger partial charge on any atom is -0.462 e. The summed E-state index contributed by atoms with van der Waals surface area (Å²) in [6.07, 6.45) is 1.50. The fourth-order valence-electron chi connectivity index (χ4n) is 3.22. The largest absolute Gasteiger partial charge is 0.462 e. The number of carbonyl (C=O) groups is 2. The molecule has 3 rings (SSSR count). The van der Waals surface area contributed by atoms with Gasteiger partial charge >= 0.3 is 11.9 Å². The van der Waals surface area contributed by atoms with Crippen LogP contribution in [-0.4, -0.2) is 30.1 Å². The highest BCUT2D eigenvalue weighted by atomic mass is 16.5. The first-order valence-corrected chi connectivity index (χ1v) is 9.55. The van der Waals surface area contributed by atoms with Crippen molar-refractivity contribution in [3.8, 4) is 0 Å². The molecule has 1 aromatic heterocycles. The highest BCUT2D eigenvalue weighted by Crippen LogP contribution is 2.31. The molecule has 0 aliphatic rings. The van der Waals surface area contributed by atoms with Crippen molar-refractivity contribution in [2.24, 2.45) is 0 Å². The normalized spacial score (nSPS) is 10.6. The lowest BCUT2D eigenvalue weighted by Crippen LogP contribution is -2.10. The molecule has 1 heterocycles. The van der Waals surface area contributed by atoms with E-state index in [1.807, 2.05) is 26.0 Å². The number of hydrogen-bond acceptors (Lipinski definition) is 6. The Labute approximate surface area is 169 Å². The summed E-state index contributed by atoms with van der Waals surface area (Å²) in [5.74, 6) is -0.899. The molecule has 0 unspecified atom stereocenters. The van der Waals surface area contributed by atoms with E-state index >= 15 is 0 Å². The van der Waals surface area contributed by atoms with Crippen molar-refractivity contribution in [1.29, 1.82) is 0 Å². The number of aromatic nitrogens is 1. The van der Waals surface area contributed by atoms with Gasteiger partial charge in [0.25, 0.3) is 0 Å². The smallest absolute Gasteiger partial charge is 0.341 e. The number of pyridine rings is 1. The lowest BCUT2D eigenvalue weighted by molar-refractivity contribution is 0.0518. The maximum atomic E-state index is 12.6. The van der Waals surface area contributed by atoms with Gasteiger partial charge in [-0.05, 0) is 69.2 Å². The van der Waals surface area contributed by atoms with E-state index in [9.17, 15) is 9.59 Å². The Kier molecular flexibility index (Phi) is 6.12. The second-order valence-electron chi connectivity index (χ2n) is 6.72. The summed E-state index contributed by atoms with van der Waals surface area (Å²) >= 11 is 0. The molecule has 0 saturated heterocycles. The molecule has 0 saturated carbocycles. The van der Waals surface area contributed by atoms with Crippen LogP contribution in [0.3, 0.4) is 0 Å². The van der Waals surface area contributed by atoms with E-state index in [1.54, 1.807) is 32.0 Å². The molecule has 3 aromatic rings.